The van der Waals surface area contributed by atoms with E-state index in [0.717, 1.165) is 0 Å². The van der Waals surface area contributed by atoms with Crippen LogP contribution in [0.5, 0.6) is 0 Å². The van der Waals surface area contributed by atoms with E-state index in [2.05, 4.69) is 16.6 Å². The first-order chi connectivity index (χ1) is 8.52. The summed E-state index contributed by atoms with van der Waals surface area (Å²) in [6, 6.07) is -1.31. The van der Waals surface area contributed by atoms with Crippen molar-refractivity contribution in [2.45, 2.75) is 26.3 Å². The van der Waals surface area contributed by atoms with Crippen LogP contribution >= 0.6 is 11.8 Å². The van der Waals surface area contributed by atoms with E-state index in [9.17, 15) is 9.59 Å². The fourth-order valence-corrected chi connectivity index (χ4v) is 1.75. The second-order valence-electron chi connectivity index (χ2n) is 3.86. The number of aliphatic carboxylic acids is 1. The lowest BCUT2D eigenvalue weighted by Gasteiger charge is -2.20. The molecule has 0 bridgehead atoms. The zero-order valence-corrected chi connectivity index (χ0v) is 11.5. The van der Waals surface area contributed by atoms with Gasteiger partial charge in [0, 0.05) is 12.3 Å². The van der Waals surface area contributed by atoms with E-state index in [1.54, 1.807) is 6.92 Å². The number of hydrogen-bond donors (Lipinski definition) is 3. The summed E-state index contributed by atoms with van der Waals surface area (Å²) in [5.74, 6) is 2.67. The standard InChI is InChI=1S/C12H20N2O3S/c1-4-7-18-8-6-13-12(17)14-10(11(15)16)9(3)5-2/h1,9-10H,5-8H2,2-3H3,(H,15,16)(H2,13,14,17)/t9?,10-/m0/s1. The number of carbonyl (C=O) groups excluding carboxylic acids is 1. The molecule has 0 spiro atoms. The number of amides is 2. The third-order valence-corrected chi connectivity index (χ3v) is 3.35. The van der Waals surface area contributed by atoms with E-state index in [4.69, 9.17) is 11.5 Å². The van der Waals surface area contributed by atoms with Gasteiger partial charge in [-0.3, -0.25) is 0 Å². The summed E-state index contributed by atoms with van der Waals surface area (Å²) in [5, 5.41) is 14.1. The van der Waals surface area contributed by atoms with Crippen LogP contribution in [0.4, 0.5) is 4.79 Å². The maximum atomic E-state index is 11.5. The molecule has 0 fully saturated rings. The number of nitrogens with one attached hydrogen (secondary N) is 2. The van der Waals surface area contributed by atoms with Gasteiger partial charge >= 0.3 is 12.0 Å². The van der Waals surface area contributed by atoms with Crippen LogP contribution in [0.15, 0.2) is 0 Å². The molecule has 0 aliphatic heterocycles. The number of carboxylic acids is 1. The predicted molar refractivity (Wildman–Crippen MR) is 73.6 cm³/mol. The molecule has 0 radical (unpaired) electrons. The highest BCUT2D eigenvalue weighted by atomic mass is 32.2. The van der Waals surface area contributed by atoms with Crippen LogP contribution in [0.1, 0.15) is 20.3 Å². The molecule has 0 saturated heterocycles. The number of urea groups is 1. The first-order valence-corrected chi connectivity index (χ1v) is 6.96. The van der Waals surface area contributed by atoms with Gasteiger partial charge in [-0.05, 0) is 5.92 Å². The molecule has 0 aliphatic carbocycles. The van der Waals surface area contributed by atoms with Gasteiger partial charge in [0.25, 0.3) is 0 Å². The molecule has 102 valence electrons. The van der Waals surface area contributed by atoms with Crippen LogP contribution < -0.4 is 10.6 Å². The molecular formula is C12H20N2O3S. The molecule has 3 N–H and O–H groups in total. The maximum Gasteiger partial charge on any atom is 0.326 e. The molecule has 18 heavy (non-hydrogen) atoms. The smallest absolute Gasteiger partial charge is 0.326 e. The molecular weight excluding hydrogens is 252 g/mol. The lowest BCUT2D eigenvalue weighted by atomic mass is 9.99. The molecule has 0 aliphatic rings. The second kappa shape index (κ2) is 9.66. The van der Waals surface area contributed by atoms with Crippen LogP contribution in [0.2, 0.25) is 0 Å². The molecule has 2 atom stereocenters. The number of terminal acetylenes is 1. The highest BCUT2D eigenvalue weighted by molar-refractivity contribution is 7.99. The minimum absolute atomic E-state index is 0.107. The van der Waals surface area contributed by atoms with Crippen molar-refractivity contribution in [1.82, 2.24) is 10.6 Å². The SMILES string of the molecule is C#CCSCCNC(=O)N[C@H](C(=O)O)C(C)CC. The first-order valence-electron chi connectivity index (χ1n) is 5.81. The second-order valence-corrected chi connectivity index (χ2v) is 4.96. The Labute approximate surface area is 112 Å². The Balaban J connectivity index is 3.97. The van der Waals surface area contributed by atoms with Gasteiger partial charge in [0.05, 0.1) is 5.75 Å². The molecule has 5 nitrogen and oxygen atoms in total. The van der Waals surface area contributed by atoms with Crippen molar-refractivity contribution < 1.29 is 14.7 Å². The zero-order valence-electron chi connectivity index (χ0n) is 10.7. The number of carbonyl (C=O) groups is 2. The highest BCUT2D eigenvalue weighted by Gasteiger charge is 2.24. The third kappa shape index (κ3) is 7.07. The Morgan fingerprint density at radius 2 is 2.17 bits per heavy atom. The minimum atomic E-state index is -1.01. The van der Waals surface area contributed by atoms with Gasteiger partial charge in [0.2, 0.25) is 0 Å². The van der Waals surface area contributed by atoms with Gasteiger partial charge in [0.1, 0.15) is 6.04 Å². The molecule has 0 heterocycles. The quantitative estimate of drug-likeness (QED) is 0.457. The van der Waals surface area contributed by atoms with Crippen LogP contribution in [0.3, 0.4) is 0 Å². The summed E-state index contributed by atoms with van der Waals surface area (Å²) in [6.07, 6.45) is 5.77. The summed E-state index contributed by atoms with van der Waals surface area (Å²) in [6.45, 7) is 4.14. The molecule has 0 aromatic heterocycles. The molecule has 0 saturated carbocycles. The van der Waals surface area contributed by atoms with Crippen LogP contribution in [-0.2, 0) is 4.79 Å². The molecule has 6 heteroatoms. The number of rotatable bonds is 8. The van der Waals surface area contributed by atoms with Gasteiger partial charge in [0.15, 0.2) is 0 Å². The highest BCUT2D eigenvalue weighted by Crippen LogP contribution is 2.07. The Kier molecular flexibility index (Phi) is 8.93. The van der Waals surface area contributed by atoms with Gasteiger partial charge in [-0.2, -0.15) is 0 Å². The molecule has 1 unspecified atom stereocenters. The van der Waals surface area contributed by atoms with Crippen molar-refractivity contribution in [1.29, 1.82) is 0 Å². The fraction of sp³-hybridized carbons (Fsp3) is 0.667. The Morgan fingerprint density at radius 1 is 1.50 bits per heavy atom. The summed E-state index contributed by atoms with van der Waals surface area (Å²) in [7, 11) is 0. The fourth-order valence-electron chi connectivity index (χ4n) is 1.24. The lowest BCUT2D eigenvalue weighted by Crippen LogP contribution is -2.49. The van der Waals surface area contributed by atoms with Crippen molar-refractivity contribution in [3.63, 3.8) is 0 Å². The topological polar surface area (TPSA) is 78.4 Å². The van der Waals surface area contributed by atoms with Gasteiger partial charge in [-0.25, -0.2) is 9.59 Å². The van der Waals surface area contributed by atoms with E-state index in [1.165, 1.54) is 11.8 Å². The Morgan fingerprint density at radius 3 is 2.67 bits per heavy atom. The summed E-state index contributed by atoms with van der Waals surface area (Å²) in [4.78, 5) is 22.5. The monoisotopic (exact) mass is 272 g/mol. The molecule has 0 aromatic rings. The minimum Gasteiger partial charge on any atom is -0.480 e. The van der Waals surface area contributed by atoms with E-state index in [-0.39, 0.29) is 5.92 Å². The lowest BCUT2D eigenvalue weighted by molar-refractivity contribution is -0.140. The summed E-state index contributed by atoms with van der Waals surface area (Å²) < 4.78 is 0. The number of carboxylic acid groups (broad SMARTS) is 1. The van der Waals surface area contributed by atoms with Crippen molar-refractivity contribution >= 4 is 23.8 Å². The van der Waals surface area contributed by atoms with E-state index >= 15 is 0 Å². The molecule has 2 amide bonds. The van der Waals surface area contributed by atoms with Crippen molar-refractivity contribution in [2.24, 2.45) is 5.92 Å². The summed E-state index contributed by atoms with van der Waals surface area (Å²) in [5.41, 5.74) is 0. The van der Waals surface area contributed by atoms with E-state index in [0.29, 0.717) is 24.5 Å². The van der Waals surface area contributed by atoms with Crippen LogP contribution in [-0.4, -0.2) is 41.2 Å². The Bertz CT molecular complexity index is 315. The van der Waals surface area contributed by atoms with Crippen molar-refractivity contribution in [3.05, 3.63) is 0 Å². The maximum absolute atomic E-state index is 11.5. The zero-order chi connectivity index (χ0) is 14.0. The summed E-state index contributed by atoms with van der Waals surface area (Å²) >= 11 is 1.54. The average Bonchev–Trinajstić information content (AvgIpc) is 2.34. The number of thioether (sulfide) groups is 1. The largest absolute Gasteiger partial charge is 0.480 e. The normalized spacial score (nSPS) is 13.2. The average molecular weight is 272 g/mol. The van der Waals surface area contributed by atoms with E-state index < -0.39 is 18.0 Å². The van der Waals surface area contributed by atoms with Crippen molar-refractivity contribution in [3.8, 4) is 12.3 Å². The molecule has 0 aromatic carbocycles. The predicted octanol–water partition coefficient (Wildman–Crippen LogP) is 1.15. The van der Waals surface area contributed by atoms with Crippen molar-refractivity contribution in [2.75, 3.05) is 18.1 Å². The molecule has 0 rings (SSSR count). The van der Waals surface area contributed by atoms with Gasteiger partial charge in [-0.1, -0.05) is 26.2 Å². The Hall–Kier alpha value is -1.35. The van der Waals surface area contributed by atoms with Crippen LogP contribution in [0.25, 0.3) is 0 Å². The van der Waals surface area contributed by atoms with Gasteiger partial charge < -0.3 is 15.7 Å². The van der Waals surface area contributed by atoms with Crippen LogP contribution in [0, 0.1) is 18.3 Å². The third-order valence-electron chi connectivity index (χ3n) is 2.48. The first kappa shape index (κ1) is 16.6. The van der Waals surface area contributed by atoms with Gasteiger partial charge in [-0.15, -0.1) is 18.2 Å². The van der Waals surface area contributed by atoms with E-state index in [1.807, 2.05) is 6.92 Å². The number of hydrogen-bond acceptors (Lipinski definition) is 3.